The number of halogens is 2. The Hall–Kier alpha value is -3.39. The van der Waals surface area contributed by atoms with E-state index in [1.165, 1.54) is 30.3 Å². The number of thiazole rings is 1. The monoisotopic (exact) mass is 555 g/mol. The standard InChI is InChI=1S/C20H15Cl2N5O6S2/c1-9-19(34-10(2)24-9)35(31,32)26-15-7-12(3-4-16(15)28)33-18-13(21)5-11(6-14(18)22)27-20(30)25-17(29)8-23-27/h3-8,26,28H,1-2H3,(H,25,29,30). The summed E-state index contributed by atoms with van der Waals surface area (Å²) >= 11 is 13.6. The Balaban J connectivity index is 1.65. The van der Waals surface area contributed by atoms with E-state index in [0.29, 0.717) is 10.7 Å². The predicted molar refractivity (Wildman–Crippen MR) is 131 cm³/mol. The van der Waals surface area contributed by atoms with Crippen LogP contribution >= 0.6 is 34.5 Å². The Kier molecular flexibility index (Phi) is 6.60. The maximum absolute atomic E-state index is 12.8. The highest BCUT2D eigenvalue weighted by Gasteiger charge is 2.23. The highest BCUT2D eigenvalue weighted by Crippen LogP contribution is 2.40. The normalized spacial score (nSPS) is 11.4. The van der Waals surface area contributed by atoms with Gasteiger partial charge in [0.2, 0.25) is 0 Å². The van der Waals surface area contributed by atoms with E-state index in [-0.39, 0.29) is 42.9 Å². The molecule has 11 nitrogen and oxygen atoms in total. The third-order valence-corrected chi connectivity index (χ3v) is 8.09. The van der Waals surface area contributed by atoms with Gasteiger partial charge in [0.1, 0.15) is 17.7 Å². The van der Waals surface area contributed by atoms with Gasteiger partial charge in [-0.15, -0.1) is 11.3 Å². The quantitative estimate of drug-likeness (QED) is 0.304. The van der Waals surface area contributed by atoms with Gasteiger partial charge in [-0.05, 0) is 38.1 Å². The predicted octanol–water partition coefficient (Wildman–Crippen LogP) is 3.60. The van der Waals surface area contributed by atoms with Crippen molar-refractivity contribution in [2.75, 3.05) is 4.72 Å². The lowest BCUT2D eigenvalue weighted by molar-refractivity contribution is 0.466. The molecule has 2 aromatic carbocycles. The number of anilines is 1. The van der Waals surface area contributed by atoms with Crippen molar-refractivity contribution in [1.29, 1.82) is 0 Å². The molecule has 35 heavy (non-hydrogen) atoms. The summed E-state index contributed by atoms with van der Waals surface area (Å²) in [5.41, 5.74) is -1.09. The molecule has 0 atom stereocenters. The molecule has 0 amide bonds. The van der Waals surface area contributed by atoms with Crippen molar-refractivity contribution in [1.82, 2.24) is 19.7 Å². The number of aromatic hydroxyl groups is 1. The van der Waals surface area contributed by atoms with Crippen LogP contribution in [0.3, 0.4) is 0 Å². The average Bonchev–Trinajstić information content (AvgIpc) is 3.11. The zero-order valence-corrected chi connectivity index (χ0v) is 21.0. The number of nitrogens with zero attached hydrogens (tertiary/aromatic N) is 3. The van der Waals surface area contributed by atoms with Gasteiger partial charge in [-0.2, -0.15) is 9.78 Å². The maximum Gasteiger partial charge on any atom is 0.349 e. The summed E-state index contributed by atoms with van der Waals surface area (Å²) < 4.78 is 34.6. The molecule has 2 aromatic heterocycles. The number of hydrogen-bond acceptors (Lipinski definition) is 9. The number of aryl methyl sites for hydroxylation is 2. The molecule has 0 unspecified atom stereocenters. The van der Waals surface area contributed by atoms with Crippen molar-refractivity contribution in [3.63, 3.8) is 0 Å². The van der Waals surface area contributed by atoms with Gasteiger partial charge in [0.25, 0.3) is 15.6 Å². The van der Waals surface area contributed by atoms with Crippen LogP contribution in [0.15, 0.2) is 50.3 Å². The Labute approximate surface area is 211 Å². The van der Waals surface area contributed by atoms with Crippen molar-refractivity contribution < 1.29 is 18.3 Å². The number of nitrogens with one attached hydrogen (secondary N) is 2. The van der Waals surface area contributed by atoms with Gasteiger partial charge in [-0.25, -0.2) is 18.2 Å². The zero-order valence-electron chi connectivity index (χ0n) is 17.9. The van der Waals surface area contributed by atoms with Crippen LogP contribution in [-0.2, 0) is 10.0 Å². The first kappa shape index (κ1) is 24.7. The molecule has 182 valence electrons. The summed E-state index contributed by atoms with van der Waals surface area (Å²) in [5.74, 6) is -0.229. The van der Waals surface area contributed by atoms with Gasteiger partial charge in [0.05, 0.1) is 32.1 Å². The van der Waals surface area contributed by atoms with E-state index in [2.05, 4.69) is 19.8 Å². The van der Waals surface area contributed by atoms with Crippen LogP contribution in [0.25, 0.3) is 5.69 Å². The van der Waals surface area contributed by atoms with Crippen LogP contribution in [0.5, 0.6) is 17.2 Å². The Bertz CT molecular complexity index is 1660. The van der Waals surface area contributed by atoms with E-state index < -0.39 is 21.3 Å². The fraction of sp³-hybridized carbons (Fsp3) is 0.100. The molecule has 0 aliphatic rings. The van der Waals surface area contributed by atoms with Crippen molar-refractivity contribution in [3.05, 3.63) is 78.1 Å². The van der Waals surface area contributed by atoms with Crippen molar-refractivity contribution >= 4 is 50.2 Å². The highest BCUT2D eigenvalue weighted by molar-refractivity contribution is 7.94. The molecule has 0 radical (unpaired) electrons. The van der Waals surface area contributed by atoms with Crippen LogP contribution in [0.1, 0.15) is 10.7 Å². The molecule has 4 rings (SSSR count). The number of phenols is 1. The molecule has 0 aliphatic carbocycles. The highest BCUT2D eigenvalue weighted by atomic mass is 35.5. The summed E-state index contributed by atoms with van der Waals surface area (Å²) in [6, 6.07) is 6.55. The van der Waals surface area contributed by atoms with Crippen molar-refractivity contribution in [3.8, 4) is 22.9 Å². The van der Waals surface area contributed by atoms with E-state index >= 15 is 0 Å². The first-order chi connectivity index (χ1) is 16.4. The van der Waals surface area contributed by atoms with E-state index in [9.17, 15) is 23.1 Å². The summed E-state index contributed by atoms with van der Waals surface area (Å²) in [6.07, 6.45) is 0.918. The lowest BCUT2D eigenvalue weighted by Gasteiger charge is -2.14. The minimum atomic E-state index is -4.02. The lowest BCUT2D eigenvalue weighted by Crippen LogP contribution is -2.30. The summed E-state index contributed by atoms with van der Waals surface area (Å²) in [4.78, 5) is 29.4. The Morgan fingerprint density at radius 3 is 2.43 bits per heavy atom. The number of H-pyrrole nitrogens is 1. The third kappa shape index (κ3) is 5.17. The van der Waals surface area contributed by atoms with Gasteiger partial charge in [0, 0.05) is 6.07 Å². The van der Waals surface area contributed by atoms with Crippen LogP contribution in [0, 0.1) is 13.8 Å². The topological polar surface area (TPSA) is 156 Å². The molecular formula is C20H15Cl2N5O6S2. The molecule has 0 bridgehead atoms. The van der Waals surface area contributed by atoms with Crippen LogP contribution in [-0.4, -0.2) is 33.3 Å². The van der Waals surface area contributed by atoms with Gasteiger partial charge < -0.3 is 9.84 Å². The SMILES string of the molecule is Cc1nc(C)c(S(=O)(=O)Nc2cc(Oc3c(Cl)cc(-n4ncc(=O)[nH]c4=O)cc3Cl)ccc2O)s1. The molecule has 0 saturated heterocycles. The Morgan fingerprint density at radius 2 is 1.83 bits per heavy atom. The lowest BCUT2D eigenvalue weighted by atomic mass is 10.2. The second-order valence-electron chi connectivity index (χ2n) is 7.08. The third-order valence-electron chi connectivity index (χ3n) is 4.48. The van der Waals surface area contributed by atoms with Crippen LogP contribution in [0.2, 0.25) is 10.0 Å². The molecule has 0 aliphatic heterocycles. The van der Waals surface area contributed by atoms with Crippen molar-refractivity contribution in [2.45, 2.75) is 18.1 Å². The number of rotatable bonds is 6. The smallest absolute Gasteiger partial charge is 0.349 e. The summed E-state index contributed by atoms with van der Waals surface area (Å²) in [6.45, 7) is 3.26. The van der Waals surface area contributed by atoms with E-state index in [1.54, 1.807) is 13.8 Å². The number of aromatic amines is 1. The van der Waals surface area contributed by atoms with Gasteiger partial charge in [-0.3, -0.25) is 14.5 Å². The number of ether oxygens (including phenoxy) is 1. The zero-order chi connectivity index (χ0) is 25.5. The fourth-order valence-corrected chi connectivity index (χ4v) is 6.14. The first-order valence-electron chi connectivity index (χ1n) is 9.60. The van der Waals surface area contributed by atoms with Crippen LogP contribution < -0.4 is 20.7 Å². The minimum Gasteiger partial charge on any atom is -0.506 e. The molecule has 4 aromatic rings. The Morgan fingerprint density at radius 1 is 1.14 bits per heavy atom. The molecule has 2 heterocycles. The molecule has 0 spiro atoms. The van der Waals surface area contributed by atoms with Crippen LogP contribution in [0.4, 0.5) is 5.69 Å². The number of aromatic nitrogens is 4. The summed E-state index contributed by atoms with van der Waals surface area (Å²) in [7, 11) is -4.02. The molecule has 0 fully saturated rings. The van der Waals surface area contributed by atoms with E-state index in [4.69, 9.17) is 27.9 Å². The first-order valence-corrected chi connectivity index (χ1v) is 12.7. The second kappa shape index (κ2) is 9.34. The average molecular weight is 556 g/mol. The van der Waals surface area contributed by atoms with E-state index in [1.807, 2.05) is 0 Å². The molecule has 3 N–H and O–H groups in total. The van der Waals surface area contributed by atoms with Gasteiger partial charge in [0.15, 0.2) is 9.96 Å². The number of phenolic OH excluding ortho intramolecular Hbond substituents is 1. The number of benzene rings is 2. The summed E-state index contributed by atoms with van der Waals surface area (Å²) in [5, 5.41) is 14.5. The number of hydrogen-bond donors (Lipinski definition) is 3. The molecule has 15 heteroatoms. The molecular weight excluding hydrogens is 541 g/mol. The van der Waals surface area contributed by atoms with Crippen molar-refractivity contribution in [2.24, 2.45) is 0 Å². The largest absolute Gasteiger partial charge is 0.506 e. The maximum atomic E-state index is 12.8. The van der Waals surface area contributed by atoms with Gasteiger partial charge in [-0.1, -0.05) is 23.2 Å². The molecule has 0 saturated carbocycles. The second-order valence-corrected chi connectivity index (χ2v) is 11.0. The number of sulfonamides is 1. The van der Waals surface area contributed by atoms with Gasteiger partial charge >= 0.3 is 5.69 Å². The van der Waals surface area contributed by atoms with E-state index in [0.717, 1.165) is 22.2 Å². The minimum absolute atomic E-state index is 0.00151. The fourth-order valence-electron chi connectivity index (χ4n) is 3.03.